The van der Waals surface area contributed by atoms with Gasteiger partial charge in [0.25, 0.3) is 0 Å². The SMILES string of the molecule is COC(=O)[C@@H]1C[C@H](Oc2cc(F)c(Cl)c(C[C@H]3CC[C@](c4cccc(Cl)c4)(N(C)C)CC3)c2)CN1C(=O)OC(C)(C)C. The van der Waals surface area contributed by atoms with E-state index in [1.807, 2.05) is 18.2 Å². The maximum atomic E-state index is 15.0. The van der Waals surface area contributed by atoms with Crippen LogP contribution in [0.2, 0.25) is 10.0 Å². The average Bonchev–Trinajstić information content (AvgIpc) is 3.34. The van der Waals surface area contributed by atoms with Crippen molar-refractivity contribution in [1.29, 1.82) is 0 Å². The lowest BCUT2D eigenvalue weighted by Gasteiger charge is -2.46. The van der Waals surface area contributed by atoms with Crippen LogP contribution in [0.25, 0.3) is 0 Å². The first-order valence-electron chi connectivity index (χ1n) is 14.4. The van der Waals surface area contributed by atoms with Crippen molar-refractivity contribution in [3.63, 3.8) is 0 Å². The van der Waals surface area contributed by atoms with Crippen LogP contribution in [0.15, 0.2) is 36.4 Å². The molecule has 2 fully saturated rings. The van der Waals surface area contributed by atoms with Crippen LogP contribution in [0.5, 0.6) is 5.75 Å². The molecule has 42 heavy (non-hydrogen) atoms. The van der Waals surface area contributed by atoms with E-state index >= 15 is 4.39 Å². The number of rotatable bonds is 7. The number of amides is 1. The van der Waals surface area contributed by atoms with Gasteiger partial charge in [-0.05, 0) is 102 Å². The molecule has 230 valence electrons. The van der Waals surface area contributed by atoms with E-state index in [1.165, 1.54) is 23.6 Å². The lowest BCUT2D eigenvalue weighted by atomic mass is 9.70. The number of carbonyl (C=O) groups excluding carboxylic acids is 2. The van der Waals surface area contributed by atoms with Crippen LogP contribution < -0.4 is 4.74 Å². The Hall–Kier alpha value is -2.55. The zero-order chi connectivity index (χ0) is 30.8. The monoisotopic (exact) mass is 622 g/mol. The summed E-state index contributed by atoms with van der Waals surface area (Å²) in [5, 5.41) is 0.820. The molecule has 2 aromatic carbocycles. The smallest absolute Gasteiger partial charge is 0.411 e. The van der Waals surface area contributed by atoms with Crippen molar-refractivity contribution in [2.75, 3.05) is 27.7 Å². The van der Waals surface area contributed by atoms with E-state index in [2.05, 4.69) is 25.1 Å². The molecule has 1 amide bonds. The van der Waals surface area contributed by atoms with Gasteiger partial charge in [0.2, 0.25) is 0 Å². The van der Waals surface area contributed by atoms with Crippen LogP contribution in [0, 0.1) is 11.7 Å². The number of hydrogen-bond acceptors (Lipinski definition) is 6. The number of likely N-dealkylation sites (tertiary alicyclic amines) is 1. The van der Waals surface area contributed by atoms with E-state index in [-0.39, 0.29) is 23.5 Å². The number of halogens is 3. The molecule has 0 N–H and O–H groups in total. The van der Waals surface area contributed by atoms with E-state index in [0.29, 0.717) is 23.7 Å². The van der Waals surface area contributed by atoms with Crippen molar-refractivity contribution in [3.05, 3.63) is 63.4 Å². The molecule has 2 atom stereocenters. The molecule has 1 saturated carbocycles. The summed E-state index contributed by atoms with van der Waals surface area (Å²) in [6.45, 7) is 5.37. The topological polar surface area (TPSA) is 68.3 Å². The molecule has 1 saturated heterocycles. The van der Waals surface area contributed by atoms with Gasteiger partial charge in [0.05, 0.1) is 18.7 Å². The molecule has 10 heteroatoms. The van der Waals surface area contributed by atoms with E-state index in [4.69, 9.17) is 37.4 Å². The number of benzene rings is 2. The minimum atomic E-state index is -0.856. The predicted molar refractivity (Wildman–Crippen MR) is 162 cm³/mol. The predicted octanol–water partition coefficient (Wildman–Crippen LogP) is 7.25. The molecule has 4 rings (SSSR count). The Morgan fingerprint density at radius 3 is 2.40 bits per heavy atom. The summed E-state index contributed by atoms with van der Waals surface area (Å²) < 4.78 is 31.5. The van der Waals surface area contributed by atoms with E-state index < -0.39 is 35.6 Å². The molecule has 2 aliphatic rings. The quantitative estimate of drug-likeness (QED) is 0.303. The largest absolute Gasteiger partial charge is 0.488 e. The van der Waals surface area contributed by atoms with Crippen LogP contribution in [0.1, 0.15) is 64.0 Å². The Bertz CT molecular complexity index is 1290. The van der Waals surface area contributed by atoms with Crippen LogP contribution in [0.4, 0.5) is 9.18 Å². The molecular formula is C32H41Cl2FN2O5. The van der Waals surface area contributed by atoms with E-state index in [9.17, 15) is 9.59 Å². The molecule has 0 aromatic heterocycles. The van der Waals surface area contributed by atoms with Crippen LogP contribution in [-0.2, 0) is 26.2 Å². The van der Waals surface area contributed by atoms with E-state index in [1.54, 1.807) is 26.8 Å². The fraction of sp³-hybridized carbons (Fsp3) is 0.562. The standard InChI is InChI=1S/C32H41Cl2FN2O5/c1-31(2,3)42-30(39)37-19-25(18-27(37)29(38)40-6)41-24-15-21(28(34)26(35)17-24)14-20-10-12-32(13-11-20,36(4)5)22-8-7-9-23(33)16-22/h7-9,15-17,20,25,27H,10-14,18-19H2,1-6H3/t20-,25-,27-,32-/m0/s1. The van der Waals surface area contributed by atoms with Gasteiger partial charge in [0.15, 0.2) is 0 Å². The normalized spacial score (nSPS) is 24.5. The fourth-order valence-corrected chi connectivity index (χ4v) is 6.61. The molecule has 1 heterocycles. The minimum absolute atomic E-state index is 0.0934. The summed E-state index contributed by atoms with van der Waals surface area (Å²) in [6.07, 6.45) is 3.41. The third-order valence-electron chi connectivity index (χ3n) is 8.40. The number of hydrogen-bond donors (Lipinski definition) is 0. The Kier molecular flexibility index (Phi) is 10.0. The second-order valence-corrected chi connectivity index (χ2v) is 13.4. The second-order valence-electron chi connectivity index (χ2n) is 12.6. The Morgan fingerprint density at radius 2 is 1.81 bits per heavy atom. The molecule has 2 aromatic rings. The summed E-state index contributed by atoms with van der Waals surface area (Å²) in [5.41, 5.74) is 1.05. The molecule has 1 aliphatic heterocycles. The van der Waals surface area contributed by atoms with Gasteiger partial charge in [-0.2, -0.15) is 0 Å². The van der Waals surface area contributed by atoms with Crippen molar-refractivity contribution in [2.45, 2.75) is 82.6 Å². The van der Waals surface area contributed by atoms with Crippen LogP contribution in [0.3, 0.4) is 0 Å². The lowest BCUT2D eigenvalue weighted by Crippen LogP contribution is -2.44. The number of methoxy groups -OCH3 is 1. The van der Waals surface area contributed by atoms with Crippen molar-refractivity contribution < 1.29 is 28.2 Å². The number of ether oxygens (including phenoxy) is 3. The molecule has 0 spiro atoms. The first-order valence-corrected chi connectivity index (χ1v) is 15.1. The molecular weight excluding hydrogens is 582 g/mol. The van der Waals surface area contributed by atoms with Gasteiger partial charge in [-0.3, -0.25) is 9.80 Å². The van der Waals surface area contributed by atoms with Gasteiger partial charge in [-0.1, -0.05) is 35.3 Å². The maximum Gasteiger partial charge on any atom is 0.411 e. The average molecular weight is 624 g/mol. The number of nitrogens with zero attached hydrogens (tertiary/aromatic N) is 2. The van der Waals surface area contributed by atoms with Crippen LogP contribution >= 0.6 is 23.2 Å². The molecule has 1 aliphatic carbocycles. The van der Waals surface area contributed by atoms with Crippen molar-refractivity contribution in [2.24, 2.45) is 5.92 Å². The first kappa shape index (κ1) is 32.4. The fourth-order valence-electron chi connectivity index (χ4n) is 6.23. The van der Waals surface area contributed by atoms with Crippen molar-refractivity contribution in [3.8, 4) is 5.75 Å². The Labute approximate surface area is 258 Å². The Morgan fingerprint density at radius 1 is 1.12 bits per heavy atom. The summed E-state index contributed by atoms with van der Waals surface area (Å²) in [6, 6.07) is 10.2. The highest BCUT2D eigenvalue weighted by Gasteiger charge is 2.43. The zero-order valence-corrected chi connectivity index (χ0v) is 26.7. The van der Waals surface area contributed by atoms with Crippen LogP contribution in [-0.4, -0.2) is 67.4 Å². The number of carbonyl (C=O) groups is 2. The highest BCUT2D eigenvalue weighted by Crippen LogP contribution is 2.45. The highest BCUT2D eigenvalue weighted by atomic mass is 35.5. The minimum Gasteiger partial charge on any atom is -0.488 e. The van der Waals surface area contributed by atoms with Gasteiger partial charge in [0.1, 0.15) is 29.3 Å². The van der Waals surface area contributed by atoms with Gasteiger partial charge < -0.3 is 14.2 Å². The molecule has 0 bridgehead atoms. The number of esters is 1. The van der Waals surface area contributed by atoms with Crippen molar-refractivity contribution >= 4 is 35.3 Å². The zero-order valence-electron chi connectivity index (χ0n) is 25.2. The molecule has 7 nitrogen and oxygen atoms in total. The molecule has 0 unspecified atom stereocenters. The van der Waals surface area contributed by atoms with Gasteiger partial charge >= 0.3 is 12.1 Å². The van der Waals surface area contributed by atoms with E-state index in [0.717, 1.165) is 30.7 Å². The van der Waals surface area contributed by atoms with Gasteiger partial charge in [0, 0.05) is 23.0 Å². The van der Waals surface area contributed by atoms with Gasteiger partial charge in [-0.15, -0.1) is 0 Å². The highest BCUT2D eigenvalue weighted by molar-refractivity contribution is 6.31. The second kappa shape index (κ2) is 13.0. The first-order chi connectivity index (χ1) is 19.7. The van der Waals surface area contributed by atoms with Gasteiger partial charge in [-0.25, -0.2) is 14.0 Å². The summed E-state index contributed by atoms with van der Waals surface area (Å²) >= 11 is 12.8. The third kappa shape index (κ3) is 7.32. The maximum absolute atomic E-state index is 15.0. The summed E-state index contributed by atoms with van der Waals surface area (Å²) in [4.78, 5) is 28.9. The van der Waals surface area contributed by atoms with Crippen molar-refractivity contribution in [1.82, 2.24) is 9.80 Å². The third-order valence-corrected chi connectivity index (χ3v) is 9.06. The summed E-state index contributed by atoms with van der Waals surface area (Å²) in [5.74, 6) is -0.488. The summed E-state index contributed by atoms with van der Waals surface area (Å²) in [7, 11) is 5.48. The molecule has 0 radical (unpaired) electrons. The Balaban J connectivity index is 1.46. The lowest BCUT2D eigenvalue weighted by molar-refractivity contribution is -0.145.